The van der Waals surface area contributed by atoms with Crippen LogP contribution in [-0.4, -0.2) is 21.7 Å². The van der Waals surface area contributed by atoms with Gasteiger partial charge >= 0.3 is 4.96 Å². The van der Waals surface area contributed by atoms with E-state index in [0.717, 1.165) is 47.1 Å². The third kappa shape index (κ3) is 2.88. The van der Waals surface area contributed by atoms with Gasteiger partial charge in [-0.15, -0.1) is 0 Å². The van der Waals surface area contributed by atoms with Crippen LogP contribution in [0, 0.1) is 0 Å². The highest BCUT2D eigenvalue weighted by atomic mass is 32.2. The molecule has 0 atom stereocenters. The Kier molecular flexibility index (Phi) is 4.10. The fourth-order valence-electron chi connectivity index (χ4n) is 2.86. The first kappa shape index (κ1) is 14.8. The second kappa shape index (κ2) is 6.37. The van der Waals surface area contributed by atoms with Crippen molar-refractivity contribution < 1.29 is 9.20 Å². The van der Waals surface area contributed by atoms with Gasteiger partial charge in [-0.3, -0.25) is 9.10 Å². The molecular formula is C17H18N3OS2+. The summed E-state index contributed by atoms with van der Waals surface area (Å²) in [6.07, 6.45) is 5.96. The number of aromatic nitrogens is 2. The average Bonchev–Trinajstić information content (AvgIpc) is 3.10. The van der Waals surface area contributed by atoms with E-state index >= 15 is 0 Å². The number of imidazole rings is 1. The summed E-state index contributed by atoms with van der Waals surface area (Å²) in [5, 5.41) is 3.15. The molecule has 0 aliphatic carbocycles. The van der Waals surface area contributed by atoms with Gasteiger partial charge in [0.2, 0.25) is 10.9 Å². The van der Waals surface area contributed by atoms with E-state index in [2.05, 4.69) is 33.1 Å². The summed E-state index contributed by atoms with van der Waals surface area (Å²) in [5.74, 6) is 0.247. The zero-order chi connectivity index (χ0) is 15.6. The van der Waals surface area contributed by atoms with Gasteiger partial charge in [-0.1, -0.05) is 48.1 Å². The van der Waals surface area contributed by atoms with Crippen LogP contribution in [0.15, 0.2) is 46.9 Å². The van der Waals surface area contributed by atoms with Crippen LogP contribution < -0.4 is 4.40 Å². The van der Waals surface area contributed by atoms with Gasteiger partial charge in [0, 0.05) is 35.9 Å². The van der Waals surface area contributed by atoms with Crippen LogP contribution in [0.25, 0.3) is 16.2 Å². The number of amides is 1. The summed E-state index contributed by atoms with van der Waals surface area (Å²) in [5.41, 5.74) is 2.23. The Morgan fingerprint density at radius 2 is 2.04 bits per heavy atom. The SMILES string of the molecule is O=C1CCCCCN1Sc1c(-c2ccccc2)[nH]c2scc[n+]12. The number of H-pyrrole nitrogens is 1. The molecule has 3 heterocycles. The molecule has 1 N–H and O–H groups in total. The predicted molar refractivity (Wildman–Crippen MR) is 93.3 cm³/mol. The zero-order valence-corrected chi connectivity index (χ0v) is 14.3. The molecule has 1 saturated heterocycles. The highest BCUT2D eigenvalue weighted by molar-refractivity contribution is 7.97. The predicted octanol–water partition coefficient (Wildman–Crippen LogP) is 3.89. The smallest absolute Gasteiger partial charge is 0.279 e. The number of hydrogen-bond donors (Lipinski definition) is 1. The molecule has 0 radical (unpaired) electrons. The maximum Gasteiger partial charge on any atom is 0.344 e. The van der Waals surface area contributed by atoms with E-state index in [9.17, 15) is 4.79 Å². The van der Waals surface area contributed by atoms with Crippen molar-refractivity contribution in [3.05, 3.63) is 41.9 Å². The fourth-order valence-corrected chi connectivity index (χ4v) is 4.78. The minimum atomic E-state index is 0.247. The van der Waals surface area contributed by atoms with Crippen LogP contribution >= 0.6 is 23.3 Å². The Morgan fingerprint density at radius 1 is 1.17 bits per heavy atom. The maximum atomic E-state index is 12.4. The van der Waals surface area contributed by atoms with Crippen LogP contribution in [0.3, 0.4) is 0 Å². The van der Waals surface area contributed by atoms with E-state index in [1.165, 1.54) is 0 Å². The average molecular weight is 344 g/mol. The number of carbonyl (C=O) groups is 1. The number of nitrogens with zero attached hydrogens (tertiary/aromatic N) is 2. The van der Waals surface area contributed by atoms with E-state index < -0.39 is 0 Å². The molecule has 4 nitrogen and oxygen atoms in total. The molecule has 1 amide bonds. The van der Waals surface area contributed by atoms with Crippen LogP contribution in [0.1, 0.15) is 25.7 Å². The number of nitrogens with one attached hydrogen (secondary N) is 1. The molecule has 0 saturated carbocycles. The van der Waals surface area contributed by atoms with Crippen LogP contribution in [-0.2, 0) is 4.79 Å². The lowest BCUT2D eigenvalue weighted by atomic mass is 10.2. The standard InChI is InChI=1S/C17H17N3OS2/c21-14-9-5-2-6-10-20(14)23-16-15(13-7-3-1-4-8-13)18-17-19(16)11-12-22-17/h1,3-4,7-8,11-12H,2,5-6,9-10H2/p+1. The first-order valence-corrected chi connectivity index (χ1v) is 9.53. The Hall–Kier alpha value is -1.79. The van der Waals surface area contributed by atoms with E-state index in [0.29, 0.717) is 6.42 Å². The lowest BCUT2D eigenvalue weighted by Crippen LogP contribution is -2.27. The molecule has 1 fully saturated rings. The number of thiazole rings is 1. The van der Waals surface area contributed by atoms with Crippen molar-refractivity contribution in [2.24, 2.45) is 0 Å². The van der Waals surface area contributed by atoms with E-state index in [1.807, 2.05) is 22.5 Å². The first-order chi connectivity index (χ1) is 11.3. The topological polar surface area (TPSA) is 40.2 Å². The maximum absolute atomic E-state index is 12.4. The van der Waals surface area contributed by atoms with Crippen molar-refractivity contribution in [3.8, 4) is 11.3 Å². The molecule has 3 aromatic rings. The summed E-state index contributed by atoms with van der Waals surface area (Å²) in [6, 6.07) is 10.3. The molecule has 0 bridgehead atoms. The Labute approximate surface area is 143 Å². The quantitative estimate of drug-likeness (QED) is 0.578. The van der Waals surface area contributed by atoms with Crippen molar-refractivity contribution in [2.45, 2.75) is 30.7 Å². The number of rotatable bonds is 3. The molecule has 23 heavy (non-hydrogen) atoms. The van der Waals surface area contributed by atoms with Gasteiger partial charge in [0.15, 0.2) is 5.69 Å². The summed E-state index contributed by atoms with van der Waals surface area (Å²) in [4.78, 5) is 16.9. The van der Waals surface area contributed by atoms with Crippen LogP contribution in [0.4, 0.5) is 0 Å². The number of carbonyl (C=O) groups excluding carboxylic acids is 1. The van der Waals surface area contributed by atoms with Gasteiger partial charge in [-0.2, -0.15) is 4.40 Å². The number of hydrogen-bond acceptors (Lipinski definition) is 3. The lowest BCUT2D eigenvalue weighted by molar-refractivity contribution is -0.547. The Bertz CT molecular complexity index is 825. The van der Waals surface area contributed by atoms with E-state index in [4.69, 9.17) is 0 Å². The summed E-state index contributed by atoms with van der Waals surface area (Å²) >= 11 is 3.24. The van der Waals surface area contributed by atoms with Crippen LogP contribution in [0.2, 0.25) is 0 Å². The van der Waals surface area contributed by atoms with E-state index in [-0.39, 0.29) is 5.91 Å². The van der Waals surface area contributed by atoms with Crippen molar-refractivity contribution in [3.63, 3.8) is 0 Å². The number of benzene rings is 1. The Morgan fingerprint density at radius 3 is 2.91 bits per heavy atom. The highest BCUT2D eigenvalue weighted by Crippen LogP contribution is 2.33. The molecule has 1 aliphatic heterocycles. The monoisotopic (exact) mass is 344 g/mol. The molecule has 0 spiro atoms. The summed E-state index contributed by atoms with van der Waals surface area (Å²) in [6.45, 7) is 0.828. The second-order valence-corrected chi connectivity index (χ2v) is 7.55. The second-order valence-electron chi connectivity index (χ2n) is 5.65. The summed E-state index contributed by atoms with van der Waals surface area (Å²) in [7, 11) is 0. The van der Waals surface area contributed by atoms with Gasteiger partial charge in [0.05, 0.1) is 0 Å². The van der Waals surface area contributed by atoms with Crippen LogP contribution in [0.5, 0.6) is 0 Å². The highest BCUT2D eigenvalue weighted by Gasteiger charge is 2.27. The Balaban J connectivity index is 1.75. The number of fused-ring (bicyclic) bond motifs is 1. The molecule has 0 unspecified atom stereocenters. The van der Waals surface area contributed by atoms with E-state index in [1.54, 1.807) is 23.3 Å². The first-order valence-electron chi connectivity index (χ1n) is 7.87. The van der Waals surface area contributed by atoms with Gasteiger partial charge in [0.25, 0.3) is 0 Å². The largest absolute Gasteiger partial charge is 0.344 e. The third-order valence-electron chi connectivity index (χ3n) is 4.06. The van der Waals surface area contributed by atoms with Gasteiger partial charge in [-0.25, -0.2) is 4.98 Å². The van der Waals surface area contributed by atoms with Crippen molar-refractivity contribution >= 4 is 34.2 Å². The van der Waals surface area contributed by atoms with Gasteiger partial charge in [-0.05, 0) is 12.8 Å². The minimum absolute atomic E-state index is 0.247. The third-order valence-corrected chi connectivity index (χ3v) is 6.02. The molecular weight excluding hydrogens is 326 g/mol. The van der Waals surface area contributed by atoms with Crippen molar-refractivity contribution in [1.82, 2.24) is 9.29 Å². The lowest BCUT2D eigenvalue weighted by Gasteiger charge is -2.17. The molecule has 1 aliphatic rings. The molecule has 6 heteroatoms. The molecule has 4 rings (SSSR count). The minimum Gasteiger partial charge on any atom is -0.279 e. The zero-order valence-electron chi connectivity index (χ0n) is 12.7. The van der Waals surface area contributed by atoms with Gasteiger partial charge in [0.1, 0.15) is 6.20 Å². The van der Waals surface area contributed by atoms with Crippen molar-refractivity contribution in [1.29, 1.82) is 0 Å². The normalized spacial score (nSPS) is 16.0. The molecule has 2 aromatic heterocycles. The van der Waals surface area contributed by atoms with Crippen molar-refractivity contribution in [2.75, 3.05) is 6.54 Å². The van der Waals surface area contributed by atoms with Gasteiger partial charge < -0.3 is 0 Å². The molecule has 1 aromatic carbocycles. The fraction of sp³-hybridized carbons (Fsp3) is 0.294. The molecule has 118 valence electrons. The number of aromatic amines is 1. The summed E-state index contributed by atoms with van der Waals surface area (Å²) < 4.78 is 4.09.